The van der Waals surface area contributed by atoms with E-state index in [1.165, 1.54) is 0 Å². The standard InChI is InChI=1S/C13H13N3O2/c1-3-8-14-11(17)13-16-15-12(18-13)10-6-4-9(2)5-7-10/h3-7H,1,8H2,2H3,(H,14,17). The first-order valence-electron chi connectivity index (χ1n) is 5.50. The van der Waals surface area contributed by atoms with Gasteiger partial charge in [0.15, 0.2) is 0 Å². The number of hydrogen-bond donors (Lipinski definition) is 1. The summed E-state index contributed by atoms with van der Waals surface area (Å²) in [5.74, 6) is -0.119. The molecule has 0 atom stereocenters. The third-order valence-corrected chi connectivity index (χ3v) is 2.32. The third-order valence-electron chi connectivity index (χ3n) is 2.32. The Hall–Kier alpha value is -2.43. The van der Waals surface area contributed by atoms with Gasteiger partial charge in [-0.15, -0.1) is 16.8 Å². The van der Waals surface area contributed by atoms with Gasteiger partial charge in [0, 0.05) is 12.1 Å². The van der Waals surface area contributed by atoms with Crippen molar-refractivity contribution < 1.29 is 9.21 Å². The van der Waals surface area contributed by atoms with Crippen LogP contribution < -0.4 is 5.32 Å². The fourth-order valence-electron chi connectivity index (χ4n) is 1.37. The highest BCUT2D eigenvalue weighted by Gasteiger charge is 2.14. The Kier molecular flexibility index (Phi) is 3.52. The Labute approximate surface area is 105 Å². The van der Waals surface area contributed by atoms with E-state index in [1.807, 2.05) is 31.2 Å². The van der Waals surface area contributed by atoms with Gasteiger partial charge in [-0.3, -0.25) is 4.79 Å². The Morgan fingerprint density at radius 3 is 2.78 bits per heavy atom. The first-order chi connectivity index (χ1) is 8.70. The maximum Gasteiger partial charge on any atom is 0.309 e. The molecule has 1 aromatic heterocycles. The van der Waals surface area contributed by atoms with Crippen molar-refractivity contribution in [2.24, 2.45) is 0 Å². The van der Waals surface area contributed by atoms with Gasteiger partial charge in [-0.05, 0) is 19.1 Å². The molecule has 2 rings (SSSR count). The van der Waals surface area contributed by atoms with Gasteiger partial charge in [-0.2, -0.15) is 0 Å². The number of benzene rings is 1. The minimum absolute atomic E-state index is 0.0487. The van der Waals surface area contributed by atoms with Crippen molar-refractivity contribution in [3.8, 4) is 11.5 Å². The van der Waals surface area contributed by atoms with Crippen LogP contribution >= 0.6 is 0 Å². The van der Waals surface area contributed by atoms with E-state index in [1.54, 1.807) is 6.08 Å². The molecule has 1 aromatic carbocycles. The Bertz CT molecular complexity index is 558. The topological polar surface area (TPSA) is 68.0 Å². The molecule has 0 fully saturated rings. The van der Waals surface area contributed by atoms with E-state index in [9.17, 15) is 4.79 Å². The number of hydrogen-bond acceptors (Lipinski definition) is 4. The molecular weight excluding hydrogens is 230 g/mol. The molecular formula is C13H13N3O2. The summed E-state index contributed by atoms with van der Waals surface area (Å²) in [6.45, 7) is 5.86. The number of nitrogens with one attached hydrogen (secondary N) is 1. The first kappa shape index (κ1) is 12.0. The van der Waals surface area contributed by atoms with Crippen molar-refractivity contribution in [1.82, 2.24) is 15.5 Å². The van der Waals surface area contributed by atoms with Gasteiger partial charge in [0.1, 0.15) is 0 Å². The molecule has 5 heteroatoms. The van der Waals surface area contributed by atoms with Gasteiger partial charge in [-0.25, -0.2) is 0 Å². The summed E-state index contributed by atoms with van der Waals surface area (Å²) in [5, 5.41) is 10.1. The van der Waals surface area contributed by atoms with Gasteiger partial charge in [-0.1, -0.05) is 23.8 Å². The number of aryl methyl sites for hydroxylation is 1. The lowest BCUT2D eigenvalue weighted by atomic mass is 10.1. The molecule has 0 aliphatic heterocycles. The molecule has 1 amide bonds. The van der Waals surface area contributed by atoms with Crippen LogP contribution in [0.15, 0.2) is 41.3 Å². The highest BCUT2D eigenvalue weighted by Crippen LogP contribution is 2.17. The van der Waals surface area contributed by atoms with Crippen molar-refractivity contribution in [2.75, 3.05) is 6.54 Å². The molecule has 1 N–H and O–H groups in total. The zero-order chi connectivity index (χ0) is 13.0. The molecule has 0 aliphatic carbocycles. The summed E-state index contributed by atoms with van der Waals surface area (Å²) in [6.07, 6.45) is 1.58. The van der Waals surface area contributed by atoms with E-state index >= 15 is 0 Å². The van der Waals surface area contributed by atoms with E-state index in [2.05, 4.69) is 22.1 Å². The minimum atomic E-state index is -0.402. The van der Waals surface area contributed by atoms with Crippen molar-refractivity contribution in [1.29, 1.82) is 0 Å². The summed E-state index contributed by atoms with van der Waals surface area (Å²) in [5.41, 5.74) is 1.93. The minimum Gasteiger partial charge on any atom is -0.412 e. The van der Waals surface area contributed by atoms with Gasteiger partial charge >= 0.3 is 11.8 Å². The summed E-state index contributed by atoms with van der Waals surface area (Å²) in [6, 6.07) is 7.62. The second-order valence-corrected chi connectivity index (χ2v) is 3.78. The highest BCUT2D eigenvalue weighted by atomic mass is 16.4. The second kappa shape index (κ2) is 5.27. The predicted octanol–water partition coefficient (Wildman–Crippen LogP) is 1.96. The quantitative estimate of drug-likeness (QED) is 0.833. The van der Waals surface area contributed by atoms with Crippen LogP contribution in [0.3, 0.4) is 0 Å². The summed E-state index contributed by atoms with van der Waals surface area (Å²) in [7, 11) is 0. The SMILES string of the molecule is C=CCNC(=O)c1nnc(-c2ccc(C)cc2)o1. The van der Waals surface area contributed by atoms with Crippen molar-refractivity contribution in [2.45, 2.75) is 6.92 Å². The van der Waals surface area contributed by atoms with Crippen molar-refractivity contribution in [3.05, 3.63) is 48.4 Å². The molecule has 0 spiro atoms. The zero-order valence-electron chi connectivity index (χ0n) is 10.0. The van der Waals surface area contributed by atoms with Crippen LogP contribution in [-0.4, -0.2) is 22.6 Å². The van der Waals surface area contributed by atoms with E-state index in [0.717, 1.165) is 11.1 Å². The molecule has 1 heterocycles. The maximum atomic E-state index is 11.5. The lowest BCUT2D eigenvalue weighted by molar-refractivity contribution is 0.0924. The van der Waals surface area contributed by atoms with Crippen LogP contribution in [0.25, 0.3) is 11.5 Å². The second-order valence-electron chi connectivity index (χ2n) is 3.78. The Morgan fingerprint density at radius 1 is 1.39 bits per heavy atom. The number of aromatic nitrogens is 2. The van der Waals surface area contributed by atoms with E-state index < -0.39 is 5.91 Å². The highest BCUT2D eigenvalue weighted by molar-refractivity contribution is 5.89. The Morgan fingerprint density at radius 2 is 2.11 bits per heavy atom. The summed E-state index contributed by atoms with van der Waals surface area (Å²) < 4.78 is 5.30. The maximum absolute atomic E-state index is 11.5. The molecule has 18 heavy (non-hydrogen) atoms. The zero-order valence-corrected chi connectivity index (χ0v) is 10.0. The number of carbonyl (C=O) groups excluding carboxylic acids is 1. The number of nitrogens with zero attached hydrogens (tertiary/aromatic N) is 2. The largest absolute Gasteiger partial charge is 0.412 e. The number of carbonyl (C=O) groups is 1. The molecule has 0 radical (unpaired) electrons. The molecule has 0 saturated heterocycles. The molecule has 5 nitrogen and oxygen atoms in total. The van der Waals surface area contributed by atoms with Crippen molar-refractivity contribution >= 4 is 5.91 Å². The van der Waals surface area contributed by atoms with Crippen molar-refractivity contribution in [3.63, 3.8) is 0 Å². The normalized spacial score (nSPS) is 10.1. The third kappa shape index (κ3) is 2.63. The van der Waals surface area contributed by atoms with Crippen LogP contribution in [0.2, 0.25) is 0 Å². The van der Waals surface area contributed by atoms with Gasteiger partial charge < -0.3 is 9.73 Å². The molecule has 0 bridgehead atoms. The smallest absolute Gasteiger partial charge is 0.309 e. The molecule has 2 aromatic rings. The van der Waals surface area contributed by atoms with Crippen LogP contribution in [0.4, 0.5) is 0 Å². The van der Waals surface area contributed by atoms with E-state index in [0.29, 0.717) is 12.4 Å². The fraction of sp³-hybridized carbons (Fsp3) is 0.154. The first-order valence-corrected chi connectivity index (χ1v) is 5.50. The molecule has 0 aliphatic rings. The number of rotatable bonds is 4. The van der Waals surface area contributed by atoms with Gasteiger partial charge in [0.05, 0.1) is 0 Å². The Balaban J connectivity index is 2.17. The molecule has 0 unspecified atom stereocenters. The van der Waals surface area contributed by atoms with Crippen LogP contribution in [-0.2, 0) is 0 Å². The fourth-order valence-corrected chi connectivity index (χ4v) is 1.37. The molecule has 92 valence electrons. The van der Waals surface area contributed by atoms with Crippen LogP contribution in [0.5, 0.6) is 0 Å². The average Bonchev–Trinajstić information content (AvgIpc) is 2.86. The van der Waals surface area contributed by atoms with E-state index in [-0.39, 0.29) is 5.89 Å². The number of amides is 1. The van der Waals surface area contributed by atoms with Crippen LogP contribution in [0, 0.1) is 6.92 Å². The van der Waals surface area contributed by atoms with Gasteiger partial charge in [0.2, 0.25) is 5.89 Å². The lowest BCUT2D eigenvalue weighted by Crippen LogP contribution is -2.23. The van der Waals surface area contributed by atoms with E-state index in [4.69, 9.17) is 4.42 Å². The average molecular weight is 243 g/mol. The predicted molar refractivity (Wildman–Crippen MR) is 67.0 cm³/mol. The molecule has 0 saturated carbocycles. The monoisotopic (exact) mass is 243 g/mol. The summed E-state index contributed by atoms with van der Waals surface area (Å²) in [4.78, 5) is 11.5. The van der Waals surface area contributed by atoms with Crippen LogP contribution in [0.1, 0.15) is 16.2 Å². The lowest BCUT2D eigenvalue weighted by Gasteiger charge is -1.96. The van der Waals surface area contributed by atoms with Gasteiger partial charge in [0.25, 0.3) is 0 Å². The summed E-state index contributed by atoms with van der Waals surface area (Å²) >= 11 is 0.